The number of epoxide rings is 1. The van der Waals surface area contributed by atoms with Crippen LogP contribution in [-0.2, 0) is 25.5 Å². The van der Waals surface area contributed by atoms with E-state index in [1.54, 1.807) is 13.1 Å². The van der Waals surface area contributed by atoms with Gasteiger partial charge in [-0.3, -0.25) is 14.9 Å². The number of rotatable bonds is 2. The second-order valence-electron chi connectivity index (χ2n) is 10.6. The number of hydrogen-bond acceptors (Lipinski definition) is 8. The first-order chi connectivity index (χ1) is 17.9. The van der Waals surface area contributed by atoms with Crippen molar-refractivity contribution in [2.45, 2.75) is 76.1 Å². The Kier molecular flexibility index (Phi) is 8.11. The molecule has 208 valence electrons. The predicted molar refractivity (Wildman–Crippen MR) is 142 cm³/mol. The Morgan fingerprint density at radius 3 is 2.74 bits per heavy atom. The molecule has 2 amide bonds. The van der Waals surface area contributed by atoms with E-state index in [1.807, 2.05) is 45.1 Å². The lowest BCUT2D eigenvalue weighted by molar-refractivity contribution is -0.122. The summed E-state index contributed by atoms with van der Waals surface area (Å²) in [6.07, 6.45) is 3.95. The van der Waals surface area contributed by atoms with Gasteiger partial charge >= 0.3 is 6.09 Å². The van der Waals surface area contributed by atoms with Gasteiger partial charge in [0.25, 0.3) is 0 Å². The number of fused-ring (bicyclic) bond motifs is 5. The summed E-state index contributed by atoms with van der Waals surface area (Å²) in [6, 6.07) is 3.69. The zero-order chi connectivity index (χ0) is 27.8. The summed E-state index contributed by atoms with van der Waals surface area (Å²) in [5, 5.41) is 14.0. The Hall–Kier alpha value is -2.63. The maximum absolute atomic E-state index is 13.4. The number of aliphatic hydroxyl groups is 1. The maximum atomic E-state index is 13.4. The van der Waals surface area contributed by atoms with E-state index in [0.29, 0.717) is 22.9 Å². The summed E-state index contributed by atoms with van der Waals surface area (Å²) in [7, 11) is 3.16. The summed E-state index contributed by atoms with van der Waals surface area (Å²) in [5.41, 5.74) is 0.0650. The fourth-order valence-electron chi connectivity index (χ4n) is 5.36. The zero-order valence-electron chi connectivity index (χ0n) is 22.3. The molecule has 10 nitrogen and oxygen atoms in total. The fourth-order valence-corrected chi connectivity index (χ4v) is 5.67. The molecule has 4 bridgehead atoms. The second-order valence-corrected chi connectivity index (χ2v) is 11.0. The highest BCUT2D eigenvalue weighted by atomic mass is 35.5. The van der Waals surface area contributed by atoms with Gasteiger partial charge in [-0.1, -0.05) is 42.3 Å². The molecule has 0 radical (unpaired) electrons. The Balaban J connectivity index is 1.72. The van der Waals surface area contributed by atoms with Gasteiger partial charge in [0.2, 0.25) is 5.91 Å². The highest BCUT2D eigenvalue weighted by Crippen LogP contribution is 2.48. The molecule has 2 saturated heterocycles. The number of carbonyl (C=O) groups excluding carboxylic acids is 2. The van der Waals surface area contributed by atoms with Crippen molar-refractivity contribution >= 4 is 29.3 Å². The van der Waals surface area contributed by atoms with Crippen LogP contribution in [-0.4, -0.2) is 60.9 Å². The normalized spacial score (nSPS) is 36.3. The number of ether oxygens (including phenoxy) is 3. The topological polar surface area (TPSA) is 136 Å². The van der Waals surface area contributed by atoms with Gasteiger partial charge in [-0.05, 0) is 38.0 Å². The van der Waals surface area contributed by atoms with Crippen LogP contribution in [0.2, 0.25) is 5.02 Å². The van der Waals surface area contributed by atoms with Crippen LogP contribution in [0.5, 0.6) is 5.75 Å². The number of nitrogens with zero attached hydrogens (tertiary/aromatic N) is 1. The van der Waals surface area contributed by atoms with Crippen molar-refractivity contribution in [2.24, 2.45) is 11.8 Å². The second kappa shape index (κ2) is 10.9. The molecule has 6 atom stereocenters. The van der Waals surface area contributed by atoms with Crippen LogP contribution >= 0.6 is 11.6 Å². The van der Waals surface area contributed by atoms with Crippen molar-refractivity contribution in [1.29, 1.82) is 0 Å². The number of halogens is 1. The highest BCUT2D eigenvalue weighted by Gasteiger charge is 2.63. The lowest BCUT2D eigenvalue weighted by atomic mass is 9.84. The van der Waals surface area contributed by atoms with Crippen LogP contribution in [0.25, 0.3) is 0 Å². The van der Waals surface area contributed by atoms with Crippen LogP contribution in [0, 0.1) is 5.92 Å². The van der Waals surface area contributed by atoms with Crippen molar-refractivity contribution in [3.63, 3.8) is 0 Å². The summed E-state index contributed by atoms with van der Waals surface area (Å²) in [5.74, 6) is 5.53. The first kappa shape index (κ1) is 28.4. The third-order valence-corrected chi connectivity index (χ3v) is 8.12. The molecular formula is C27H36ClN3O7. The maximum Gasteiger partial charge on any atom is 0.409 e. The van der Waals surface area contributed by atoms with E-state index in [-0.39, 0.29) is 31.1 Å². The van der Waals surface area contributed by atoms with E-state index in [4.69, 9.17) is 36.5 Å². The van der Waals surface area contributed by atoms with Gasteiger partial charge < -0.3 is 24.2 Å². The molecule has 1 aromatic rings. The molecule has 3 heterocycles. The van der Waals surface area contributed by atoms with Crippen LogP contribution < -0.4 is 20.9 Å². The van der Waals surface area contributed by atoms with E-state index in [9.17, 15) is 14.7 Å². The van der Waals surface area contributed by atoms with Gasteiger partial charge in [0.15, 0.2) is 0 Å². The molecule has 4 rings (SSSR count). The molecular weight excluding hydrogens is 514 g/mol. The fraction of sp³-hybridized carbons (Fsp3) is 0.556. The lowest BCUT2D eigenvalue weighted by Gasteiger charge is -2.38. The van der Waals surface area contributed by atoms with Gasteiger partial charge in [-0.2, -0.15) is 0 Å². The number of anilines is 1. The molecule has 0 aliphatic carbocycles. The van der Waals surface area contributed by atoms with Crippen molar-refractivity contribution in [1.82, 2.24) is 5.32 Å². The Bertz CT molecular complexity index is 1160. The number of amides is 2. The Morgan fingerprint density at radius 2 is 2.05 bits per heavy atom. The average molecular weight is 550 g/mol. The van der Waals surface area contributed by atoms with Crippen molar-refractivity contribution < 1.29 is 33.7 Å². The number of alkyl carbamates (subject to hydrolysis) is 1. The average Bonchev–Trinajstić information content (AvgIpc) is 3.56. The van der Waals surface area contributed by atoms with Crippen LogP contribution in [0.3, 0.4) is 0 Å². The zero-order valence-corrected chi connectivity index (χ0v) is 23.1. The van der Waals surface area contributed by atoms with E-state index >= 15 is 0 Å². The van der Waals surface area contributed by atoms with Crippen LogP contribution in [0.15, 0.2) is 35.9 Å². The number of hydrogen-bond donors (Lipinski definition) is 3. The van der Waals surface area contributed by atoms with Gasteiger partial charge in [0.1, 0.15) is 34.3 Å². The summed E-state index contributed by atoms with van der Waals surface area (Å²) in [4.78, 5) is 32.4. The molecule has 0 saturated carbocycles. The SMILES string of the molecule is COc1cc2cc(c1Cl)N(C)C(=O)C[C@H](ON)[C@]1(C)O[C@H]1[C@H](C)[C@@H]1C[C@](O)(C/C=C/C=C(\C)C2)NC(=O)O1. The molecule has 4 N–H and O–H groups in total. The molecule has 0 aromatic heterocycles. The first-order valence-electron chi connectivity index (χ1n) is 12.6. The minimum atomic E-state index is -1.47. The van der Waals surface area contributed by atoms with Crippen molar-refractivity contribution in [2.75, 3.05) is 19.1 Å². The molecule has 3 aliphatic rings. The lowest BCUT2D eigenvalue weighted by Crippen LogP contribution is -2.57. The molecule has 0 unspecified atom stereocenters. The van der Waals surface area contributed by atoms with E-state index in [0.717, 1.165) is 11.1 Å². The Morgan fingerprint density at radius 1 is 1.32 bits per heavy atom. The van der Waals surface area contributed by atoms with Gasteiger partial charge in [-0.15, -0.1) is 0 Å². The van der Waals surface area contributed by atoms with Crippen LogP contribution in [0.4, 0.5) is 10.5 Å². The molecule has 3 aliphatic heterocycles. The monoisotopic (exact) mass is 549 g/mol. The highest BCUT2D eigenvalue weighted by molar-refractivity contribution is 6.35. The Labute approximate surface area is 227 Å². The molecule has 2 fully saturated rings. The number of carbonyl (C=O) groups is 2. The number of benzene rings is 1. The van der Waals surface area contributed by atoms with Gasteiger partial charge in [-0.25, -0.2) is 10.7 Å². The predicted octanol–water partition coefficient (Wildman–Crippen LogP) is 3.39. The van der Waals surface area contributed by atoms with E-state index < -0.39 is 35.7 Å². The van der Waals surface area contributed by atoms with Crippen LogP contribution in [0.1, 0.15) is 45.6 Å². The number of allylic oxidation sites excluding steroid dienone is 3. The summed E-state index contributed by atoms with van der Waals surface area (Å²) in [6.45, 7) is 5.66. The molecule has 11 heteroatoms. The third-order valence-electron chi connectivity index (χ3n) is 7.74. The molecule has 0 spiro atoms. The minimum absolute atomic E-state index is 0.0750. The minimum Gasteiger partial charge on any atom is -0.495 e. The van der Waals surface area contributed by atoms with Crippen molar-refractivity contribution in [3.8, 4) is 5.75 Å². The van der Waals surface area contributed by atoms with E-state index in [2.05, 4.69) is 5.32 Å². The quantitative estimate of drug-likeness (QED) is 0.377. The molecule has 38 heavy (non-hydrogen) atoms. The number of nitrogens with one attached hydrogen (secondary N) is 1. The first-order valence-corrected chi connectivity index (χ1v) is 13.0. The summed E-state index contributed by atoms with van der Waals surface area (Å²) >= 11 is 6.60. The van der Waals surface area contributed by atoms with E-state index in [1.165, 1.54) is 12.0 Å². The van der Waals surface area contributed by atoms with Crippen molar-refractivity contribution in [3.05, 3.63) is 46.5 Å². The molecule has 1 aromatic carbocycles. The van der Waals surface area contributed by atoms with Gasteiger partial charge in [0.05, 0.1) is 25.3 Å². The van der Waals surface area contributed by atoms with Gasteiger partial charge in [0, 0.05) is 25.8 Å². The summed E-state index contributed by atoms with van der Waals surface area (Å²) < 4.78 is 17.0. The standard InChI is InChI=1S/C27H36ClN3O7/c1-15-8-6-7-9-27(34)14-20(36-25(33)30-27)16(2)24-26(3,37-24)21(38-29)13-22(32)31(4)18-11-17(10-15)12-19(35-5)23(18)28/h6-8,11-12,16,20-21,24,34H,9-10,13-14,29H2,1-5H3,(H,30,33)/b7-6+,15-8+/t16-,20+,21+,24+,26+,27-/m1/s1. The number of methoxy groups -OCH3 is 1. The smallest absolute Gasteiger partial charge is 0.409 e. The number of nitrogens with two attached hydrogens (primary N) is 1. The third kappa shape index (κ3) is 5.69. The largest absolute Gasteiger partial charge is 0.495 e.